The van der Waals surface area contributed by atoms with Crippen molar-refractivity contribution >= 4 is 23.2 Å². The van der Waals surface area contributed by atoms with Gasteiger partial charge in [0.05, 0.1) is 23.1 Å². The summed E-state index contributed by atoms with van der Waals surface area (Å²) in [6, 6.07) is 20.3. The van der Waals surface area contributed by atoms with Crippen LogP contribution >= 0.6 is 0 Å². The minimum atomic E-state index is -1.13. The number of hydrogen-bond acceptors (Lipinski definition) is 10. The summed E-state index contributed by atoms with van der Waals surface area (Å²) < 4.78 is 17.4. The largest absolute Gasteiger partial charge is 0.511 e. The smallest absolute Gasteiger partial charge is 0.480 e. The van der Waals surface area contributed by atoms with Gasteiger partial charge in [0, 0.05) is 12.5 Å². The minimum absolute atomic E-state index is 0.160. The number of nitrogens with zero attached hydrogens (tertiary/aromatic N) is 5. The number of nitrogens with one attached hydrogen (secondary N) is 1. The van der Waals surface area contributed by atoms with Gasteiger partial charge in [-0.2, -0.15) is 10.2 Å². The fourth-order valence-electron chi connectivity index (χ4n) is 5.30. The van der Waals surface area contributed by atoms with Gasteiger partial charge in [0.15, 0.2) is 0 Å². The molecule has 12 heteroatoms. The van der Waals surface area contributed by atoms with Gasteiger partial charge in [-0.1, -0.05) is 55.0 Å². The van der Waals surface area contributed by atoms with E-state index in [1.165, 1.54) is 13.0 Å². The Hall–Kier alpha value is -5.26. The second kappa shape index (κ2) is 12.3. The van der Waals surface area contributed by atoms with Crippen LogP contribution in [0, 0.1) is 0 Å². The standard InChI is InChI=1S/C31H30N6O6/c1-19(42-31(40)43-23-7-3-2-4-8-23)41-29(38)22-15-16-27-26(17-22)32-30(39)37(27)18-20-11-13-21(14-12-20)24-9-5-6-10-25(24)28-33-35-36-34-28/h5-6,9-17,19,23H,2-4,7-8,18H2,1H3,(H,32,39)(H,33,34,35,36). The maximum absolute atomic E-state index is 12.7. The molecule has 220 valence electrons. The lowest BCUT2D eigenvalue weighted by Crippen LogP contribution is -2.26. The van der Waals surface area contributed by atoms with Gasteiger partial charge in [0.2, 0.25) is 12.1 Å². The van der Waals surface area contributed by atoms with Crippen LogP contribution in [-0.4, -0.2) is 59.8 Å². The second-order valence-electron chi connectivity index (χ2n) is 10.4. The molecule has 0 bridgehead atoms. The molecule has 1 fully saturated rings. The number of fused-ring (bicyclic) bond motifs is 1. The number of imidazole rings is 1. The maximum atomic E-state index is 12.7. The van der Waals surface area contributed by atoms with E-state index < -0.39 is 18.4 Å². The van der Waals surface area contributed by atoms with Crippen LogP contribution in [0.25, 0.3) is 33.5 Å². The summed E-state index contributed by atoms with van der Waals surface area (Å²) >= 11 is 0. The highest BCUT2D eigenvalue weighted by molar-refractivity contribution is 5.94. The molecule has 0 amide bonds. The molecular weight excluding hydrogens is 552 g/mol. The van der Waals surface area contributed by atoms with Crippen molar-refractivity contribution in [2.24, 2.45) is 0 Å². The van der Waals surface area contributed by atoms with Gasteiger partial charge >= 0.3 is 12.1 Å². The van der Waals surface area contributed by atoms with E-state index in [1.807, 2.05) is 48.5 Å². The van der Waals surface area contributed by atoms with E-state index in [9.17, 15) is 14.7 Å². The summed E-state index contributed by atoms with van der Waals surface area (Å²) in [6.07, 6.45) is 2.64. The molecule has 12 nitrogen and oxygen atoms in total. The number of aromatic amines is 1. The van der Waals surface area contributed by atoms with E-state index in [-0.39, 0.29) is 17.7 Å². The maximum Gasteiger partial charge on any atom is 0.511 e. The third-order valence-electron chi connectivity index (χ3n) is 7.43. The van der Waals surface area contributed by atoms with Crippen LogP contribution in [0.4, 0.5) is 4.79 Å². The average molecular weight is 583 g/mol. The van der Waals surface area contributed by atoms with E-state index in [2.05, 4.69) is 25.6 Å². The predicted molar refractivity (Wildman–Crippen MR) is 155 cm³/mol. The summed E-state index contributed by atoms with van der Waals surface area (Å²) in [5.74, 6) is -0.178. The van der Waals surface area contributed by atoms with Crippen LogP contribution in [0.5, 0.6) is 6.01 Å². The highest BCUT2D eigenvalue weighted by Gasteiger charge is 2.22. The highest BCUT2D eigenvalue weighted by atomic mass is 16.8. The Morgan fingerprint density at radius 3 is 2.51 bits per heavy atom. The van der Waals surface area contributed by atoms with Crippen LogP contribution < -0.4 is 0 Å². The number of H-pyrrole nitrogens is 1. The fraction of sp³-hybridized carbons (Fsp3) is 0.290. The van der Waals surface area contributed by atoms with Crippen LogP contribution in [0.3, 0.4) is 0 Å². The Bertz CT molecular complexity index is 1730. The van der Waals surface area contributed by atoms with Gasteiger partial charge in [0.25, 0.3) is 6.01 Å². The minimum Gasteiger partial charge on any atom is -0.480 e. The summed E-state index contributed by atoms with van der Waals surface area (Å²) in [5.41, 5.74) is 5.00. The zero-order valence-corrected chi connectivity index (χ0v) is 23.5. The molecule has 1 aliphatic rings. The third-order valence-corrected chi connectivity index (χ3v) is 7.43. The molecule has 0 aliphatic heterocycles. The van der Waals surface area contributed by atoms with Crippen molar-refractivity contribution in [1.82, 2.24) is 30.2 Å². The summed E-state index contributed by atoms with van der Waals surface area (Å²) in [4.78, 5) is 29.0. The number of aromatic nitrogens is 6. The summed E-state index contributed by atoms with van der Waals surface area (Å²) in [7, 11) is 0. The number of hydrogen-bond donors (Lipinski definition) is 2. The van der Waals surface area contributed by atoms with Gasteiger partial charge in [-0.05, 0) is 65.8 Å². The molecule has 43 heavy (non-hydrogen) atoms. The topological polar surface area (TPSA) is 154 Å². The van der Waals surface area contributed by atoms with Crippen molar-refractivity contribution in [2.75, 3.05) is 0 Å². The summed E-state index contributed by atoms with van der Waals surface area (Å²) in [6.45, 7) is 1.81. The number of benzene rings is 3. The Labute approximate surface area is 246 Å². The molecule has 6 rings (SSSR count). The molecule has 2 heterocycles. The molecular formula is C31H30N6O6. The van der Waals surface area contributed by atoms with Crippen LogP contribution in [0.15, 0.2) is 66.7 Å². The molecule has 1 aliphatic carbocycles. The first-order valence-corrected chi connectivity index (χ1v) is 14.1. The average Bonchev–Trinajstić information content (AvgIpc) is 3.66. The van der Waals surface area contributed by atoms with Crippen molar-refractivity contribution in [2.45, 2.75) is 58.0 Å². The van der Waals surface area contributed by atoms with E-state index in [0.29, 0.717) is 23.4 Å². The first-order chi connectivity index (χ1) is 20.9. The zero-order valence-electron chi connectivity index (χ0n) is 23.5. The van der Waals surface area contributed by atoms with Gasteiger partial charge in [0.1, 0.15) is 6.10 Å². The van der Waals surface area contributed by atoms with Crippen molar-refractivity contribution in [3.63, 3.8) is 0 Å². The molecule has 5 aromatic rings. The molecule has 0 radical (unpaired) electrons. The van der Waals surface area contributed by atoms with Crippen molar-refractivity contribution in [1.29, 1.82) is 0 Å². The van der Waals surface area contributed by atoms with Gasteiger partial charge in [-0.3, -0.25) is 4.57 Å². The van der Waals surface area contributed by atoms with Crippen LogP contribution in [0.2, 0.25) is 0 Å². The van der Waals surface area contributed by atoms with E-state index in [0.717, 1.165) is 54.4 Å². The molecule has 3 aromatic carbocycles. The normalized spacial score (nSPS) is 14.3. The lowest BCUT2D eigenvalue weighted by molar-refractivity contribution is -0.0914. The molecule has 2 aromatic heterocycles. The first-order valence-electron chi connectivity index (χ1n) is 14.1. The van der Waals surface area contributed by atoms with Crippen molar-refractivity contribution in [3.8, 4) is 28.5 Å². The number of esters is 1. The van der Waals surface area contributed by atoms with Crippen molar-refractivity contribution < 1.29 is 28.9 Å². The third kappa shape index (κ3) is 6.32. The summed E-state index contributed by atoms with van der Waals surface area (Å²) in [5, 5.41) is 25.0. The van der Waals surface area contributed by atoms with E-state index >= 15 is 0 Å². The fourth-order valence-corrected chi connectivity index (χ4v) is 5.30. The predicted octanol–water partition coefficient (Wildman–Crippen LogP) is 5.63. The number of carbonyl (C=O) groups excluding carboxylic acids is 2. The lowest BCUT2D eigenvalue weighted by atomic mass is 9.98. The van der Waals surface area contributed by atoms with Crippen LogP contribution in [0.1, 0.15) is 54.9 Å². The van der Waals surface area contributed by atoms with E-state index in [4.69, 9.17) is 14.2 Å². The highest BCUT2D eigenvalue weighted by Crippen LogP contribution is 2.30. The molecule has 0 spiro atoms. The zero-order chi connectivity index (χ0) is 29.8. The number of carbonyl (C=O) groups is 2. The number of ether oxygens (including phenoxy) is 3. The number of aromatic hydroxyl groups is 1. The molecule has 0 saturated heterocycles. The second-order valence-corrected chi connectivity index (χ2v) is 10.4. The van der Waals surface area contributed by atoms with Gasteiger partial charge < -0.3 is 19.3 Å². The number of rotatable bonds is 8. The Balaban J connectivity index is 1.11. The van der Waals surface area contributed by atoms with Crippen LogP contribution in [-0.2, 0) is 20.8 Å². The Morgan fingerprint density at radius 2 is 1.77 bits per heavy atom. The SMILES string of the molecule is CC(OC(=O)OC1CCCCC1)OC(=O)c1ccc2c(c1)nc(O)n2Cc1ccc(-c2ccccc2-c2nn[nH]n2)cc1. The molecule has 1 unspecified atom stereocenters. The quantitative estimate of drug-likeness (QED) is 0.174. The molecule has 2 N–H and O–H groups in total. The van der Waals surface area contributed by atoms with Gasteiger partial charge in [-0.25, -0.2) is 9.59 Å². The number of tetrazole rings is 1. The Kier molecular flexibility index (Phi) is 7.98. The van der Waals surface area contributed by atoms with Crippen molar-refractivity contribution in [3.05, 3.63) is 77.9 Å². The lowest BCUT2D eigenvalue weighted by Gasteiger charge is -2.22. The monoisotopic (exact) mass is 582 g/mol. The molecule has 1 saturated carbocycles. The Morgan fingerprint density at radius 1 is 1.00 bits per heavy atom. The van der Waals surface area contributed by atoms with Gasteiger partial charge in [-0.15, -0.1) is 10.2 Å². The molecule has 1 atom stereocenters. The first kappa shape index (κ1) is 27.9. The van der Waals surface area contributed by atoms with E-state index in [1.54, 1.807) is 16.7 Å².